The number of nitrogens with one attached hydrogen (secondary N) is 2. The van der Waals surface area contributed by atoms with Gasteiger partial charge >= 0.3 is 0 Å². The molecule has 0 saturated carbocycles. The maximum absolute atomic E-state index is 6.09. The molecule has 0 bridgehead atoms. The van der Waals surface area contributed by atoms with Gasteiger partial charge in [0.2, 0.25) is 0 Å². The zero-order chi connectivity index (χ0) is 13.2. The monoisotopic (exact) mass is 261 g/mol. The first-order valence-corrected chi connectivity index (χ1v) is 7.31. The molecule has 2 heterocycles. The standard InChI is InChI=1S/C15H23N3O/c1-3-12-8-13-15(19-11(2)10-17-13)14(9-12)18-6-4-16-5-7-18/h8-9,11,16-17H,3-7,10H2,1-2H3. The van der Waals surface area contributed by atoms with Crippen molar-refractivity contribution in [2.24, 2.45) is 0 Å². The second-order valence-electron chi connectivity index (χ2n) is 5.39. The van der Waals surface area contributed by atoms with Crippen LogP contribution in [0.4, 0.5) is 11.4 Å². The molecule has 4 heteroatoms. The summed E-state index contributed by atoms with van der Waals surface area (Å²) in [6.45, 7) is 9.42. The molecule has 0 aromatic heterocycles. The number of hydrogen-bond acceptors (Lipinski definition) is 4. The molecule has 2 aliphatic heterocycles. The van der Waals surface area contributed by atoms with Gasteiger partial charge in [-0.05, 0) is 31.0 Å². The Kier molecular flexibility index (Phi) is 3.51. The zero-order valence-electron chi connectivity index (χ0n) is 11.8. The molecule has 2 N–H and O–H groups in total. The van der Waals surface area contributed by atoms with E-state index in [0.29, 0.717) is 0 Å². The van der Waals surface area contributed by atoms with Crippen LogP contribution in [0.25, 0.3) is 0 Å². The summed E-state index contributed by atoms with van der Waals surface area (Å²) in [5.41, 5.74) is 3.79. The number of hydrogen-bond donors (Lipinski definition) is 2. The van der Waals surface area contributed by atoms with Gasteiger partial charge in [0.1, 0.15) is 6.10 Å². The molecule has 1 saturated heterocycles. The van der Waals surface area contributed by atoms with Crippen LogP contribution in [0.15, 0.2) is 12.1 Å². The van der Waals surface area contributed by atoms with E-state index in [0.717, 1.165) is 50.6 Å². The van der Waals surface area contributed by atoms with E-state index in [1.165, 1.54) is 11.3 Å². The van der Waals surface area contributed by atoms with Crippen LogP contribution < -0.4 is 20.3 Å². The fourth-order valence-corrected chi connectivity index (χ4v) is 2.77. The molecule has 1 aromatic carbocycles. The largest absolute Gasteiger partial charge is 0.485 e. The minimum atomic E-state index is 0.238. The summed E-state index contributed by atoms with van der Waals surface area (Å²) in [7, 11) is 0. The zero-order valence-corrected chi connectivity index (χ0v) is 11.8. The fourth-order valence-electron chi connectivity index (χ4n) is 2.77. The average Bonchev–Trinajstić information content (AvgIpc) is 2.47. The van der Waals surface area contributed by atoms with Crippen LogP contribution in [-0.4, -0.2) is 38.8 Å². The first-order chi connectivity index (χ1) is 9.28. The highest BCUT2D eigenvalue weighted by Gasteiger charge is 2.23. The second kappa shape index (κ2) is 5.29. The summed E-state index contributed by atoms with van der Waals surface area (Å²) in [5.74, 6) is 1.04. The van der Waals surface area contributed by atoms with E-state index >= 15 is 0 Å². The first kappa shape index (κ1) is 12.6. The summed E-state index contributed by atoms with van der Waals surface area (Å²) in [6, 6.07) is 4.52. The van der Waals surface area contributed by atoms with Crippen molar-refractivity contribution in [3.05, 3.63) is 17.7 Å². The van der Waals surface area contributed by atoms with Crippen LogP contribution in [0.3, 0.4) is 0 Å². The molecule has 0 amide bonds. The molecule has 0 radical (unpaired) electrons. The van der Waals surface area contributed by atoms with E-state index in [4.69, 9.17) is 4.74 Å². The lowest BCUT2D eigenvalue weighted by molar-refractivity contribution is 0.226. The van der Waals surface area contributed by atoms with Crippen molar-refractivity contribution in [2.45, 2.75) is 26.4 Å². The Morgan fingerprint density at radius 1 is 1.32 bits per heavy atom. The van der Waals surface area contributed by atoms with Gasteiger partial charge in [0.05, 0.1) is 17.9 Å². The quantitative estimate of drug-likeness (QED) is 0.852. The lowest BCUT2D eigenvalue weighted by Crippen LogP contribution is -2.44. The molecule has 4 nitrogen and oxygen atoms in total. The van der Waals surface area contributed by atoms with Crippen LogP contribution in [0.5, 0.6) is 5.75 Å². The van der Waals surface area contributed by atoms with E-state index in [1.54, 1.807) is 0 Å². The van der Waals surface area contributed by atoms with E-state index in [9.17, 15) is 0 Å². The Balaban J connectivity index is 2.00. The molecule has 1 atom stereocenters. The third-order valence-electron chi connectivity index (χ3n) is 3.89. The van der Waals surface area contributed by atoms with Gasteiger partial charge in [0, 0.05) is 26.2 Å². The number of nitrogens with zero attached hydrogens (tertiary/aromatic N) is 1. The van der Waals surface area contributed by atoms with Crippen LogP contribution in [-0.2, 0) is 6.42 Å². The van der Waals surface area contributed by atoms with Crippen LogP contribution in [0.2, 0.25) is 0 Å². The van der Waals surface area contributed by atoms with Crippen molar-refractivity contribution in [2.75, 3.05) is 42.9 Å². The van der Waals surface area contributed by atoms with Gasteiger partial charge in [0.25, 0.3) is 0 Å². The Hall–Kier alpha value is -1.42. The first-order valence-electron chi connectivity index (χ1n) is 7.31. The minimum Gasteiger partial charge on any atom is -0.485 e. The van der Waals surface area contributed by atoms with Crippen molar-refractivity contribution in [1.29, 1.82) is 0 Å². The third-order valence-corrected chi connectivity index (χ3v) is 3.89. The van der Waals surface area contributed by atoms with Crippen molar-refractivity contribution < 1.29 is 4.74 Å². The predicted octanol–water partition coefficient (Wildman–Crippen LogP) is 1.85. The smallest absolute Gasteiger partial charge is 0.166 e. The average molecular weight is 261 g/mol. The normalized spacial score (nSPS) is 22.4. The third kappa shape index (κ3) is 2.50. The van der Waals surface area contributed by atoms with E-state index in [-0.39, 0.29) is 6.10 Å². The van der Waals surface area contributed by atoms with Crippen molar-refractivity contribution in [1.82, 2.24) is 5.32 Å². The number of aryl methyl sites for hydroxylation is 1. The van der Waals surface area contributed by atoms with Crippen molar-refractivity contribution in [3.8, 4) is 5.75 Å². The Labute approximate surface area is 115 Å². The summed E-state index contributed by atoms with van der Waals surface area (Å²) in [5, 5.41) is 6.90. The van der Waals surface area contributed by atoms with Gasteiger partial charge in [-0.1, -0.05) is 6.92 Å². The van der Waals surface area contributed by atoms with E-state index in [2.05, 4.69) is 41.5 Å². The maximum atomic E-state index is 6.09. The lowest BCUT2D eigenvalue weighted by Gasteiger charge is -2.34. The van der Waals surface area contributed by atoms with Crippen LogP contribution in [0.1, 0.15) is 19.4 Å². The number of rotatable bonds is 2. The van der Waals surface area contributed by atoms with Gasteiger partial charge in [-0.2, -0.15) is 0 Å². The molecule has 0 aliphatic carbocycles. The topological polar surface area (TPSA) is 36.5 Å². The Morgan fingerprint density at radius 3 is 2.84 bits per heavy atom. The summed E-state index contributed by atoms with van der Waals surface area (Å²) in [4.78, 5) is 2.44. The molecular formula is C15H23N3O. The highest BCUT2D eigenvalue weighted by atomic mass is 16.5. The number of anilines is 2. The molecular weight excluding hydrogens is 238 g/mol. The SMILES string of the molecule is CCc1cc2c(c(N3CCNCC3)c1)OC(C)CN2. The number of ether oxygens (including phenoxy) is 1. The molecule has 1 unspecified atom stereocenters. The van der Waals surface area contributed by atoms with Crippen LogP contribution in [0, 0.1) is 0 Å². The van der Waals surface area contributed by atoms with Gasteiger partial charge in [0.15, 0.2) is 5.75 Å². The molecule has 0 spiro atoms. The number of benzene rings is 1. The van der Waals surface area contributed by atoms with Gasteiger partial charge in [-0.25, -0.2) is 0 Å². The summed E-state index contributed by atoms with van der Waals surface area (Å²) in [6.07, 6.45) is 1.30. The summed E-state index contributed by atoms with van der Waals surface area (Å²) >= 11 is 0. The fraction of sp³-hybridized carbons (Fsp3) is 0.600. The molecule has 2 aliphatic rings. The number of fused-ring (bicyclic) bond motifs is 1. The molecule has 19 heavy (non-hydrogen) atoms. The molecule has 1 aromatic rings. The number of piperazine rings is 1. The van der Waals surface area contributed by atoms with Crippen molar-refractivity contribution >= 4 is 11.4 Å². The molecule has 3 rings (SSSR count). The molecule has 1 fully saturated rings. The van der Waals surface area contributed by atoms with E-state index in [1.807, 2.05) is 0 Å². The molecule has 104 valence electrons. The van der Waals surface area contributed by atoms with Crippen molar-refractivity contribution in [3.63, 3.8) is 0 Å². The maximum Gasteiger partial charge on any atom is 0.166 e. The Bertz CT molecular complexity index is 455. The highest BCUT2D eigenvalue weighted by Crippen LogP contribution is 2.40. The van der Waals surface area contributed by atoms with Gasteiger partial charge in [-0.15, -0.1) is 0 Å². The highest BCUT2D eigenvalue weighted by molar-refractivity contribution is 5.74. The Morgan fingerprint density at radius 2 is 2.11 bits per heavy atom. The van der Waals surface area contributed by atoms with Gasteiger partial charge < -0.3 is 20.3 Å². The lowest BCUT2D eigenvalue weighted by atomic mass is 10.1. The van der Waals surface area contributed by atoms with Gasteiger partial charge in [-0.3, -0.25) is 0 Å². The van der Waals surface area contributed by atoms with Crippen LogP contribution >= 0.6 is 0 Å². The van der Waals surface area contributed by atoms with E-state index < -0.39 is 0 Å². The predicted molar refractivity (Wildman–Crippen MR) is 79.5 cm³/mol. The minimum absolute atomic E-state index is 0.238. The second-order valence-corrected chi connectivity index (χ2v) is 5.39. The summed E-state index contributed by atoms with van der Waals surface area (Å²) < 4.78 is 6.09.